The molecular weight excluding hydrogens is 298 g/mol. The van der Waals surface area contributed by atoms with Crippen molar-refractivity contribution in [2.45, 2.75) is 71.6 Å². The highest BCUT2D eigenvalue weighted by Gasteiger charge is 2.32. The van der Waals surface area contributed by atoms with Crippen LogP contribution in [0, 0.1) is 6.92 Å². The summed E-state index contributed by atoms with van der Waals surface area (Å²) in [4.78, 5) is 14.8. The largest absolute Gasteiger partial charge is 0.479 e. The maximum atomic E-state index is 12.8. The van der Waals surface area contributed by atoms with Gasteiger partial charge in [-0.25, -0.2) is 0 Å². The first-order chi connectivity index (χ1) is 10.4. The second-order valence-electron chi connectivity index (χ2n) is 6.47. The highest BCUT2D eigenvalue weighted by molar-refractivity contribution is 6.32. The van der Waals surface area contributed by atoms with Crippen LogP contribution in [0.25, 0.3) is 0 Å². The minimum absolute atomic E-state index is 0.0551. The van der Waals surface area contributed by atoms with Crippen LogP contribution >= 0.6 is 11.6 Å². The van der Waals surface area contributed by atoms with Gasteiger partial charge in [-0.15, -0.1) is 0 Å². The lowest BCUT2D eigenvalue weighted by atomic mass is 10.1. The summed E-state index contributed by atoms with van der Waals surface area (Å²) in [5.74, 6) is 0.636. The molecular formula is C18H26ClNO2. The summed E-state index contributed by atoms with van der Waals surface area (Å²) in [7, 11) is 0. The van der Waals surface area contributed by atoms with E-state index in [2.05, 4.69) is 13.8 Å². The summed E-state index contributed by atoms with van der Waals surface area (Å²) in [6.07, 6.45) is 4.09. The molecule has 1 unspecified atom stereocenters. The van der Waals surface area contributed by atoms with Crippen molar-refractivity contribution in [3.05, 3.63) is 28.8 Å². The standard InChI is InChI=1S/C18H26ClNO2/c1-12(2)20(15-7-5-6-8-15)18(21)14(4)22-17-11-13(3)9-10-16(17)19/h9-12,14-15H,5-8H2,1-4H3. The Balaban J connectivity index is 2.10. The number of ether oxygens (including phenoxy) is 1. The molecule has 0 aliphatic heterocycles. The maximum Gasteiger partial charge on any atom is 0.263 e. The van der Waals surface area contributed by atoms with Crippen LogP contribution in [0.4, 0.5) is 0 Å². The van der Waals surface area contributed by atoms with Gasteiger partial charge in [-0.1, -0.05) is 30.5 Å². The van der Waals surface area contributed by atoms with E-state index in [-0.39, 0.29) is 11.9 Å². The van der Waals surface area contributed by atoms with Gasteiger partial charge >= 0.3 is 0 Å². The van der Waals surface area contributed by atoms with E-state index in [1.807, 2.05) is 30.9 Å². The third-order valence-electron chi connectivity index (χ3n) is 4.27. The Morgan fingerprint density at radius 3 is 2.50 bits per heavy atom. The van der Waals surface area contributed by atoms with Crippen molar-refractivity contribution in [2.75, 3.05) is 0 Å². The Bertz CT molecular complexity index is 524. The molecule has 2 rings (SSSR count). The molecule has 0 aromatic heterocycles. The molecule has 1 aliphatic rings. The number of benzene rings is 1. The SMILES string of the molecule is Cc1ccc(Cl)c(OC(C)C(=O)N(C(C)C)C2CCCC2)c1. The highest BCUT2D eigenvalue weighted by Crippen LogP contribution is 2.29. The number of nitrogens with zero attached hydrogens (tertiary/aromatic N) is 1. The van der Waals surface area contributed by atoms with E-state index in [1.165, 1.54) is 12.8 Å². The number of halogens is 1. The summed E-state index contributed by atoms with van der Waals surface area (Å²) >= 11 is 6.16. The molecule has 0 spiro atoms. The number of amides is 1. The molecule has 22 heavy (non-hydrogen) atoms. The first-order valence-electron chi connectivity index (χ1n) is 8.15. The van der Waals surface area contributed by atoms with Crippen molar-refractivity contribution in [2.24, 2.45) is 0 Å². The second kappa shape index (κ2) is 7.36. The first-order valence-corrected chi connectivity index (χ1v) is 8.53. The average Bonchev–Trinajstić information content (AvgIpc) is 2.96. The van der Waals surface area contributed by atoms with E-state index in [4.69, 9.17) is 16.3 Å². The Hall–Kier alpha value is -1.22. The number of aryl methyl sites for hydroxylation is 1. The van der Waals surface area contributed by atoms with Crippen molar-refractivity contribution < 1.29 is 9.53 Å². The van der Waals surface area contributed by atoms with Crippen LogP contribution in [0.15, 0.2) is 18.2 Å². The quantitative estimate of drug-likeness (QED) is 0.792. The minimum Gasteiger partial charge on any atom is -0.479 e. The average molecular weight is 324 g/mol. The van der Waals surface area contributed by atoms with Crippen molar-refractivity contribution in [1.29, 1.82) is 0 Å². The van der Waals surface area contributed by atoms with Crippen LogP contribution in [0.5, 0.6) is 5.75 Å². The number of hydrogen-bond donors (Lipinski definition) is 0. The van der Waals surface area contributed by atoms with Gasteiger partial charge in [-0.05, 0) is 58.2 Å². The molecule has 0 bridgehead atoms. The fourth-order valence-corrected chi connectivity index (χ4v) is 3.35. The first kappa shape index (κ1) is 17.1. The van der Waals surface area contributed by atoms with Crippen LogP contribution in [0.3, 0.4) is 0 Å². The molecule has 122 valence electrons. The van der Waals surface area contributed by atoms with Crippen molar-refractivity contribution >= 4 is 17.5 Å². The van der Waals surface area contributed by atoms with Crippen LogP contribution in [0.2, 0.25) is 5.02 Å². The molecule has 1 aliphatic carbocycles. The molecule has 3 nitrogen and oxygen atoms in total. The summed E-state index contributed by atoms with van der Waals surface area (Å²) in [6.45, 7) is 7.94. The highest BCUT2D eigenvalue weighted by atomic mass is 35.5. The Kier molecular flexibility index (Phi) is 5.74. The van der Waals surface area contributed by atoms with E-state index in [0.717, 1.165) is 18.4 Å². The summed E-state index contributed by atoms with van der Waals surface area (Å²) in [5, 5.41) is 0.544. The fourth-order valence-electron chi connectivity index (χ4n) is 3.19. The third-order valence-corrected chi connectivity index (χ3v) is 4.58. The van der Waals surface area contributed by atoms with Crippen LogP contribution in [-0.4, -0.2) is 29.0 Å². The molecule has 1 aromatic carbocycles. The van der Waals surface area contributed by atoms with Gasteiger partial charge in [0, 0.05) is 12.1 Å². The summed E-state index contributed by atoms with van der Waals surface area (Å²) in [5.41, 5.74) is 1.07. The van der Waals surface area contributed by atoms with Crippen LogP contribution in [-0.2, 0) is 4.79 Å². The lowest BCUT2D eigenvalue weighted by Crippen LogP contribution is -2.49. The maximum absolute atomic E-state index is 12.8. The Labute approximate surface area is 138 Å². The van der Waals surface area contributed by atoms with Gasteiger partial charge in [0.15, 0.2) is 6.10 Å². The molecule has 0 radical (unpaired) electrons. The Morgan fingerprint density at radius 1 is 1.27 bits per heavy atom. The monoisotopic (exact) mass is 323 g/mol. The fraction of sp³-hybridized carbons (Fsp3) is 0.611. The van der Waals surface area contributed by atoms with Gasteiger partial charge in [0.25, 0.3) is 5.91 Å². The van der Waals surface area contributed by atoms with E-state index in [0.29, 0.717) is 16.8 Å². The van der Waals surface area contributed by atoms with E-state index >= 15 is 0 Å². The van der Waals surface area contributed by atoms with Gasteiger partial charge in [0.1, 0.15) is 5.75 Å². The van der Waals surface area contributed by atoms with Crippen molar-refractivity contribution in [3.63, 3.8) is 0 Å². The van der Waals surface area contributed by atoms with E-state index in [9.17, 15) is 4.79 Å². The van der Waals surface area contributed by atoms with E-state index < -0.39 is 6.10 Å². The third kappa shape index (κ3) is 3.95. The number of carbonyl (C=O) groups is 1. The minimum atomic E-state index is -0.526. The smallest absolute Gasteiger partial charge is 0.263 e. The van der Waals surface area contributed by atoms with Crippen molar-refractivity contribution in [1.82, 2.24) is 4.90 Å². The van der Waals surface area contributed by atoms with Gasteiger partial charge in [-0.3, -0.25) is 4.79 Å². The zero-order valence-electron chi connectivity index (χ0n) is 13.9. The van der Waals surface area contributed by atoms with Gasteiger partial charge in [-0.2, -0.15) is 0 Å². The molecule has 1 saturated carbocycles. The normalized spacial score (nSPS) is 16.8. The topological polar surface area (TPSA) is 29.5 Å². The van der Waals surface area contributed by atoms with E-state index in [1.54, 1.807) is 6.07 Å². The summed E-state index contributed by atoms with van der Waals surface area (Å²) < 4.78 is 5.86. The zero-order chi connectivity index (χ0) is 16.3. The molecule has 1 aromatic rings. The molecule has 0 heterocycles. The second-order valence-corrected chi connectivity index (χ2v) is 6.88. The van der Waals surface area contributed by atoms with Crippen molar-refractivity contribution in [3.8, 4) is 5.75 Å². The predicted molar refractivity (Wildman–Crippen MR) is 90.5 cm³/mol. The zero-order valence-corrected chi connectivity index (χ0v) is 14.7. The van der Waals surface area contributed by atoms with Crippen LogP contribution < -0.4 is 4.74 Å². The Morgan fingerprint density at radius 2 is 1.91 bits per heavy atom. The molecule has 1 atom stereocenters. The predicted octanol–water partition coefficient (Wildman–Crippen LogP) is 4.60. The molecule has 4 heteroatoms. The number of rotatable bonds is 5. The molecule has 0 saturated heterocycles. The molecule has 0 N–H and O–H groups in total. The number of carbonyl (C=O) groups excluding carboxylic acids is 1. The van der Waals surface area contributed by atoms with Gasteiger partial charge in [0.2, 0.25) is 0 Å². The lowest BCUT2D eigenvalue weighted by Gasteiger charge is -2.34. The van der Waals surface area contributed by atoms with Gasteiger partial charge in [0.05, 0.1) is 5.02 Å². The van der Waals surface area contributed by atoms with Gasteiger partial charge < -0.3 is 9.64 Å². The lowest BCUT2D eigenvalue weighted by molar-refractivity contribution is -0.142. The number of hydrogen-bond acceptors (Lipinski definition) is 2. The van der Waals surface area contributed by atoms with Crippen LogP contribution in [0.1, 0.15) is 52.0 Å². The molecule has 1 fully saturated rings. The summed E-state index contributed by atoms with van der Waals surface area (Å²) in [6, 6.07) is 6.16. The molecule has 1 amide bonds.